The van der Waals surface area contributed by atoms with E-state index in [1.54, 1.807) is 0 Å². The molecule has 0 aliphatic heterocycles. The van der Waals surface area contributed by atoms with Gasteiger partial charge < -0.3 is 10.6 Å². The molecular formula is C16H20N4. The Kier molecular flexibility index (Phi) is 4.03. The first kappa shape index (κ1) is 14.1. The number of pyridine rings is 1. The monoisotopic (exact) mass is 268 g/mol. The second kappa shape index (κ2) is 5.74. The molecule has 0 saturated heterocycles. The topological polar surface area (TPSA) is 66.0 Å². The molecule has 2 aromatic rings. The second-order valence-electron chi connectivity index (χ2n) is 5.02. The van der Waals surface area contributed by atoms with Crippen molar-refractivity contribution in [3.63, 3.8) is 0 Å². The quantitative estimate of drug-likeness (QED) is 0.661. The van der Waals surface area contributed by atoms with Gasteiger partial charge >= 0.3 is 0 Å². The molecule has 0 atom stereocenters. The van der Waals surface area contributed by atoms with Crippen molar-refractivity contribution in [3.8, 4) is 0 Å². The third-order valence-corrected chi connectivity index (χ3v) is 3.33. The van der Waals surface area contributed by atoms with Gasteiger partial charge in [0.25, 0.3) is 0 Å². The first-order valence-corrected chi connectivity index (χ1v) is 6.56. The number of hydrogen-bond donors (Lipinski definition) is 2. The van der Waals surface area contributed by atoms with E-state index in [0.717, 1.165) is 18.1 Å². The summed E-state index contributed by atoms with van der Waals surface area (Å²) in [6.07, 6.45) is 0. The van der Waals surface area contributed by atoms with Crippen LogP contribution in [0.1, 0.15) is 22.4 Å². The lowest BCUT2D eigenvalue weighted by Crippen LogP contribution is -2.24. The maximum Gasteiger partial charge on any atom is 0.139 e. The second-order valence-corrected chi connectivity index (χ2v) is 5.02. The highest BCUT2D eigenvalue weighted by atomic mass is 15.2. The number of amidine groups is 1. The Labute approximate surface area is 119 Å². The van der Waals surface area contributed by atoms with Gasteiger partial charge in [-0.1, -0.05) is 24.3 Å². The summed E-state index contributed by atoms with van der Waals surface area (Å²) in [6, 6.07) is 12.0. The Bertz CT molecular complexity index is 634. The van der Waals surface area contributed by atoms with Crippen molar-refractivity contribution in [2.45, 2.75) is 20.4 Å². The minimum Gasteiger partial charge on any atom is -0.384 e. The SMILES string of the molecule is Cc1ccc(C(=N)N)c(N(C)Cc2ccccc2C)n1. The van der Waals surface area contributed by atoms with E-state index in [1.165, 1.54) is 11.1 Å². The molecule has 4 heteroatoms. The molecule has 1 aromatic heterocycles. The normalized spacial score (nSPS) is 10.3. The van der Waals surface area contributed by atoms with Crippen molar-refractivity contribution in [1.29, 1.82) is 5.41 Å². The Balaban J connectivity index is 2.34. The van der Waals surface area contributed by atoms with Crippen molar-refractivity contribution >= 4 is 11.7 Å². The van der Waals surface area contributed by atoms with E-state index in [9.17, 15) is 0 Å². The molecular weight excluding hydrogens is 248 g/mol. The van der Waals surface area contributed by atoms with Gasteiger partial charge in [-0.3, -0.25) is 5.41 Å². The van der Waals surface area contributed by atoms with Crippen LogP contribution in [0.2, 0.25) is 0 Å². The van der Waals surface area contributed by atoms with E-state index in [4.69, 9.17) is 11.1 Å². The molecule has 20 heavy (non-hydrogen) atoms. The molecule has 0 radical (unpaired) electrons. The van der Waals surface area contributed by atoms with Gasteiger partial charge in [0.05, 0.1) is 5.56 Å². The zero-order chi connectivity index (χ0) is 14.7. The van der Waals surface area contributed by atoms with Crippen LogP contribution < -0.4 is 10.6 Å². The van der Waals surface area contributed by atoms with Crippen molar-refractivity contribution in [3.05, 3.63) is 58.8 Å². The lowest BCUT2D eigenvalue weighted by molar-refractivity contribution is 0.883. The average molecular weight is 268 g/mol. The number of aromatic nitrogens is 1. The fourth-order valence-electron chi connectivity index (χ4n) is 2.16. The molecule has 0 fully saturated rings. The van der Waals surface area contributed by atoms with Crippen LogP contribution in [0.25, 0.3) is 0 Å². The Morgan fingerprint density at radius 3 is 2.55 bits per heavy atom. The molecule has 0 spiro atoms. The fourth-order valence-corrected chi connectivity index (χ4v) is 2.16. The largest absolute Gasteiger partial charge is 0.384 e. The predicted octanol–water partition coefficient (Wildman–Crippen LogP) is 2.62. The maximum atomic E-state index is 7.67. The summed E-state index contributed by atoms with van der Waals surface area (Å²) >= 11 is 0. The van der Waals surface area contributed by atoms with Crippen LogP contribution in [-0.2, 0) is 6.54 Å². The van der Waals surface area contributed by atoms with Crippen molar-refractivity contribution < 1.29 is 0 Å². The molecule has 0 aliphatic carbocycles. The number of anilines is 1. The maximum absolute atomic E-state index is 7.67. The van der Waals surface area contributed by atoms with Crippen LogP contribution in [0.15, 0.2) is 36.4 Å². The molecule has 1 heterocycles. The smallest absolute Gasteiger partial charge is 0.139 e. The first-order valence-electron chi connectivity index (χ1n) is 6.56. The van der Waals surface area contributed by atoms with Gasteiger partial charge in [0.1, 0.15) is 11.7 Å². The Morgan fingerprint density at radius 1 is 1.20 bits per heavy atom. The van der Waals surface area contributed by atoms with E-state index in [-0.39, 0.29) is 5.84 Å². The molecule has 4 nitrogen and oxygen atoms in total. The number of aryl methyl sites for hydroxylation is 2. The molecule has 104 valence electrons. The molecule has 0 unspecified atom stereocenters. The molecule has 1 aromatic carbocycles. The van der Waals surface area contributed by atoms with Gasteiger partial charge in [0.2, 0.25) is 0 Å². The van der Waals surface area contributed by atoms with E-state index in [0.29, 0.717) is 5.56 Å². The van der Waals surface area contributed by atoms with Crippen LogP contribution in [0.3, 0.4) is 0 Å². The van der Waals surface area contributed by atoms with E-state index >= 15 is 0 Å². The first-order chi connectivity index (χ1) is 9.49. The highest BCUT2D eigenvalue weighted by Gasteiger charge is 2.13. The van der Waals surface area contributed by atoms with Gasteiger partial charge in [-0.2, -0.15) is 0 Å². The summed E-state index contributed by atoms with van der Waals surface area (Å²) in [6.45, 7) is 4.77. The molecule has 0 bridgehead atoms. The number of hydrogen-bond acceptors (Lipinski definition) is 3. The summed E-state index contributed by atoms with van der Waals surface area (Å²) in [5.41, 5.74) is 9.72. The number of nitrogens with zero attached hydrogens (tertiary/aromatic N) is 2. The van der Waals surface area contributed by atoms with Crippen LogP contribution in [0, 0.1) is 19.3 Å². The van der Waals surface area contributed by atoms with Crippen LogP contribution >= 0.6 is 0 Å². The standard InChI is InChI=1S/C16H20N4/c1-11-6-4-5-7-13(11)10-20(3)16-14(15(17)18)9-8-12(2)19-16/h4-9H,10H2,1-3H3,(H3,17,18). The zero-order valence-electron chi connectivity index (χ0n) is 12.1. The fraction of sp³-hybridized carbons (Fsp3) is 0.250. The molecule has 0 aliphatic rings. The van der Waals surface area contributed by atoms with Crippen molar-refractivity contribution in [1.82, 2.24) is 4.98 Å². The highest BCUT2D eigenvalue weighted by Crippen LogP contribution is 2.20. The number of nitrogens with two attached hydrogens (primary N) is 1. The van der Waals surface area contributed by atoms with Gasteiger partial charge in [-0.05, 0) is 37.1 Å². The number of nitrogen functional groups attached to an aromatic ring is 1. The summed E-state index contributed by atoms with van der Waals surface area (Å²) in [5.74, 6) is 0.796. The summed E-state index contributed by atoms with van der Waals surface area (Å²) < 4.78 is 0. The van der Waals surface area contributed by atoms with E-state index < -0.39 is 0 Å². The summed E-state index contributed by atoms with van der Waals surface area (Å²) in [4.78, 5) is 6.56. The lowest BCUT2D eigenvalue weighted by Gasteiger charge is -2.22. The van der Waals surface area contributed by atoms with Crippen LogP contribution in [0.4, 0.5) is 5.82 Å². The van der Waals surface area contributed by atoms with Gasteiger partial charge in [0.15, 0.2) is 0 Å². The lowest BCUT2D eigenvalue weighted by atomic mass is 10.1. The Morgan fingerprint density at radius 2 is 1.90 bits per heavy atom. The minimum atomic E-state index is 0.0455. The van der Waals surface area contributed by atoms with Gasteiger partial charge in [-0.25, -0.2) is 4.98 Å². The summed E-state index contributed by atoms with van der Waals surface area (Å²) in [7, 11) is 1.97. The van der Waals surface area contributed by atoms with Crippen molar-refractivity contribution in [2.24, 2.45) is 5.73 Å². The Hall–Kier alpha value is -2.36. The van der Waals surface area contributed by atoms with Crippen LogP contribution in [0.5, 0.6) is 0 Å². The van der Waals surface area contributed by atoms with E-state index in [2.05, 4.69) is 24.0 Å². The number of benzene rings is 1. The van der Waals surface area contributed by atoms with E-state index in [1.807, 2.05) is 43.1 Å². The van der Waals surface area contributed by atoms with Gasteiger partial charge in [0, 0.05) is 19.3 Å². The molecule has 0 amide bonds. The third kappa shape index (κ3) is 2.96. The molecule has 3 N–H and O–H groups in total. The third-order valence-electron chi connectivity index (χ3n) is 3.33. The number of nitrogens with one attached hydrogen (secondary N) is 1. The molecule has 2 rings (SSSR count). The van der Waals surface area contributed by atoms with Gasteiger partial charge in [-0.15, -0.1) is 0 Å². The summed E-state index contributed by atoms with van der Waals surface area (Å²) in [5, 5.41) is 7.67. The predicted molar refractivity (Wildman–Crippen MR) is 83.3 cm³/mol. The zero-order valence-corrected chi connectivity index (χ0v) is 12.1. The highest BCUT2D eigenvalue weighted by molar-refractivity contribution is 5.99. The average Bonchev–Trinajstić information content (AvgIpc) is 2.40. The van der Waals surface area contributed by atoms with Crippen LogP contribution in [-0.4, -0.2) is 17.9 Å². The minimum absolute atomic E-state index is 0.0455. The molecule has 0 saturated carbocycles. The number of rotatable bonds is 4. The van der Waals surface area contributed by atoms with Crippen molar-refractivity contribution in [2.75, 3.05) is 11.9 Å².